The number of nitrogens with zero attached hydrogens (tertiary/aromatic N) is 3. The average Bonchev–Trinajstić information content (AvgIpc) is 3.14. The van der Waals surface area contributed by atoms with Crippen molar-refractivity contribution in [3.05, 3.63) is 48.3 Å². The van der Waals surface area contributed by atoms with Crippen LogP contribution in [0.4, 0.5) is 10.1 Å². The number of benzene rings is 1. The Kier molecular flexibility index (Phi) is 4.09. The fourth-order valence-corrected chi connectivity index (χ4v) is 2.79. The van der Waals surface area contributed by atoms with E-state index in [-0.39, 0.29) is 11.7 Å². The zero-order valence-electron chi connectivity index (χ0n) is 12.5. The van der Waals surface area contributed by atoms with E-state index in [9.17, 15) is 9.18 Å². The number of nitrogens with one attached hydrogen (secondary N) is 1. The molecule has 0 bridgehead atoms. The molecule has 1 atom stereocenters. The Hall–Kier alpha value is -2.37. The van der Waals surface area contributed by atoms with Gasteiger partial charge in [0.1, 0.15) is 11.5 Å². The maximum absolute atomic E-state index is 13.0. The quantitative estimate of drug-likeness (QED) is 0.937. The summed E-state index contributed by atoms with van der Waals surface area (Å²) in [5, 5.41) is 2.96. The van der Waals surface area contributed by atoms with Crippen molar-refractivity contribution in [1.82, 2.24) is 14.9 Å². The first kappa shape index (κ1) is 14.6. The maximum atomic E-state index is 13.0. The molecule has 0 saturated carbocycles. The highest BCUT2D eigenvalue weighted by Crippen LogP contribution is 2.23. The van der Waals surface area contributed by atoms with Gasteiger partial charge in [-0.25, -0.2) is 9.37 Å². The van der Waals surface area contributed by atoms with E-state index in [4.69, 9.17) is 0 Å². The van der Waals surface area contributed by atoms with Crippen molar-refractivity contribution in [2.45, 2.75) is 6.42 Å². The van der Waals surface area contributed by atoms with Crippen molar-refractivity contribution in [2.24, 2.45) is 13.0 Å². The third kappa shape index (κ3) is 3.10. The van der Waals surface area contributed by atoms with Crippen LogP contribution in [0.25, 0.3) is 0 Å². The van der Waals surface area contributed by atoms with Crippen molar-refractivity contribution in [2.75, 3.05) is 24.5 Å². The molecule has 2 heterocycles. The van der Waals surface area contributed by atoms with Crippen molar-refractivity contribution in [3.63, 3.8) is 0 Å². The summed E-state index contributed by atoms with van der Waals surface area (Å²) in [5.74, 6) is 0.0883. The number of aryl methyl sites for hydroxylation is 1. The third-order valence-corrected chi connectivity index (χ3v) is 4.08. The van der Waals surface area contributed by atoms with Gasteiger partial charge in [0.2, 0.25) is 0 Å². The highest BCUT2D eigenvalue weighted by atomic mass is 19.1. The number of carbonyl (C=O) groups excluding carboxylic acids is 1. The van der Waals surface area contributed by atoms with Crippen LogP contribution in [-0.4, -0.2) is 35.1 Å². The maximum Gasteiger partial charge on any atom is 0.269 e. The van der Waals surface area contributed by atoms with Gasteiger partial charge in [0, 0.05) is 32.4 Å². The standard InChI is InChI=1S/C16H19FN4O/c1-20-11-18-9-15(20)16(22)19-8-12-6-7-21(10-12)14-4-2-13(17)3-5-14/h2-5,9,11-12H,6-8,10H2,1H3,(H,19,22). The molecule has 1 aromatic heterocycles. The van der Waals surface area contributed by atoms with Crippen LogP contribution in [-0.2, 0) is 7.05 Å². The van der Waals surface area contributed by atoms with Gasteiger partial charge in [-0.05, 0) is 36.6 Å². The van der Waals surface area contributed by atoms with E-state index >= 15 is 0 Å². The van der Waals surface area contributed by atoms with Gasteiger partial charge in [-0.2, -0.15) is 0 Å². The van der Waals surface area contributed by atoms with E-state index in [1.165, 1.54) is 12.1 Å². The molecule has 5 nitrogen and oxygen atoms in total. The zero-order valence-corrected chi connectivity index (χ0v) is 12.5. The van der Waals surface area contributed by atoms with Gasteiger partial charge < -0.3 is 14.8 Å². The Bertz CT molecular complexity index is 652. The van der Waals surface area contributed by atoms with Crippen LogP contribution in [0, 0.1) is 11.7 Å². The Morgan fingerprint density at radius 3 is 2.86 bits per heavy atom. The minimum absolute atomic E-state index is 0.0970. The lowest BCUT2D eigenvalue weighted by Gasteiger charge is -2.18. The van der Waals surface area contributed by atoms with Gasteiger partial charge in [0.15, 0.2) is 0 Å². The zero-order chi connectivity index (χ0) is 15.5. The van der Waals surface area contributed by atoms with Crippen molar-refractivity contribution >= 4 is 11.6 Å². The van der Waals surface area contributed by atoms with Crippen LogP contribution >= 0.6 is 0 Å². The number of aromatic nitrogens is 2. The number of hydrogen-bond donors (Lipinski definition) is 1. The van der Waals surface area contributed by atoms with Gasteiger partial charge in [-0.3, -0.25) is 4.79 Å². The molecule has 0 aliphatic carbocycles. The molecular weight excluding hydrogens is 283 g/mol. The lowest BCUT2D eigenvalue weighted by molar-refractivity contribution is 0.0940. The summed E-state index contributed by atoms with van der Waals surface area (Å²) < 4.78 is 14.7. The van der Waals surface area contributed by atoms with Crippen molar-refractivity contribution in [3.8, 4) is 0 Å². The highest BCUT2D eigenvalue weighted by molar-refractivity contribution is 5.92. The second kappa shape index (κ2) is 6.17. The molecule has 0 spiro atoms. The molecule has 1 aliphatic heterocycles. The minimum atomic E-state index is -0.220. The molecular formula is C16H19FN4O. The molecule has 1 N–H and O–H groups in total. The SMILES string of the molecule is Cn1cncc1C(=O)NCC1CCN(c2ccc(F)cc2)C1. The lowest BCUT2D eigenvalue weighted by Crippen LogP contribution is -2.32. The summed E-state index contributed by atoms with van der Waals surface area (Å²) in [6.07, 6.45) is 4.19. The summed E-state index contributed by atoms with van der Waals surface area (Å²) in [4.78, 5) is 18.2. The van der Waals surface area contributed by atoms with Gasteiger partial charge in [0.05, 0.1) is 12.5 Å². The topological polar surface area (TPSA) is 50.2 Å². The Morgan fingerprint density at radius 2 is 2.18 bits per heavy atom. The first-order chi connectivity index (χ1) is 10.6. The second-order valence-corrected chi connectivity index (χ2v) is 5.68. The molecule has 1 aliphatic rings. The Balaban J connectivity index is 1.52. The van der Waals surface area contributed by atoms with E-state index in [1.54, 1.807) is 36.3 Å². The molecule has 2 aromatic rings. The average molecular weight is 302 g/mol. The highest BCUT2D eigenvalue weighted by Gasteiger charge is 2.23. The fraction of sp³-hybridized carbons (Fsp3) is 0.375. The van der Waals surface area contributed by atoms with E-state index in [1.807, 2.05) is 0 Å². The molecule has 1 amide bonds. The largest absolute Gasteiger partial charge is 0.371 e. The number of halogens is 1. The molecule has 22 heavy (non-hydrogen) atoms. The molecule has 0 radical (unpaired) electrons. The summed E-state index contributed by atoms with van der Waals surface area (Å²) in [6, 6.07) is 6.55. The normalized spacial score (nSPS) is 17.7. The number of imidazole rings is 1. The van der Waals surface area contributed by atoms with Crippen LogP contribution in [0.2, 0.25) is 0 Å². The molecule has 1 fully saturated rings. The number of carbonyl (C=O) groups is 1. The van der Waals surface area contributed by atoms with Crippen LogP contribution in [0.3, 0.4) is 0 Å². The van der Waals surface area contributed by atoms with Gasteiger partial charge >= 0.3 is 0 Å². The van der Waals surface area contributed by atoms with E-state index < -0.39 is 0 Å². The molecule has 1 aromatic carbocycles. The third-order valence-electron chi connectivity index (χ3n) is 4.08. The smallest absolute Gasteiger partial charge is 0.269 e. The summed E-state index contributed by atoms with van der Waals surface area (Å²) in [6.45, 7) is 2.44. The van der Waals surface area contributed by atoms with Gasteiger partial charge in [-0.1, -0.05) is 0 Å². The predicted molar refractivity (Wildman–Crippen MR) is 82.3 cm³/mol. The number of hydrogen-bond acceptors (Lipinski definition) is 3. The van der Waals surface area contributed by atoms with E-state index in [0.29, 0.717) is 18.2 Å². The van der Waals surface area contributed by atoms with Crippen LogP contribution < -0.4 is 10.2 Å². The number of anilines is 1. The predicted octanol–water partition coefficient (Wildman–Crippen LogP) is 1.82. The van der Waals surface area contributed by atoms with Gasteiger partial charge in [-0.15, -0.1) is 0 Å². The van der Waals surface area contributed by atoms with Crippen LogP contribution in [0.5, 0.6) is 0 Å². The molecule has 116 valence electrons. The fourth-order valence-electron chi connectivity index (χ4n) is 2.79. The number of amides is 1. The lowest BCUT2D eigenvalue weighted by atomic mass is 10.1. The molecule has 3 rings (SSSR count). The second-order valence-electron chi connectivity index (χ2n) is 5.68. The van der Waals surface area contributed by atoms with Crippen molar-refractivity contribution < 1.29 is 9.18 Å². The van der Waals surface area contributed by atoms with Crippen molar-refractivity contribution in [1.29, 1.82) is 0 Å². The Morgan fingerprint density at radius 1 is 1.41 bits per heavy atom. The summed E-state index contributed by atoms with van der Waals surface area (Å²) in [5.41, 5.74) is 1.59. The van der Waals surface area contributed by atoms with E-state index in [0.717, 1.165) is 25.2 Å². The molecule has 6 heteroatoms. The van der Waals surface area contributed by atoms with Crippen LogP contribution in [0.15, 0.2) is 36.8 Å². The minimum Gasteiger partial charge on any atom is -0.371 e. The monoisotopic (exact) mass is 302 g/mol. The number of rotatable bonds is 4. The van der Waals surface area contributed by atoms with Gasteiger partial charge in [0.25, 0.3) is 5.91 Å². The molecule has 1 unspecified atom stereocenters. The molecule has 1 saturated heterocycles. The Labute approximate surface area is 128 Å². The van der Waals surface area contributed by atoms with E-state index in [2.05, 4.69) is 15.2 Å². The summed E-state index contributed by atoms with van der Waals surface area (Å²) in [7, 11) is 1.80. The first-order valence-corrected chi connectivity index (χ1v) is 7.38. The first-order valence-electron chi connectivity index (χ1n) is 7.38. The van der Waals surface area contributed by atoms with Crippen LogP contribution in [0.1, 0.15) is 16.9 Å². The summed E-state index contributed by atoms with van der Waals surface area (Å²) >= 11 is 0.